The maximum absolute atomic E-state index is 13.0. The Hall–Kier alpha value is -2.88. The molecule has 1 aliphatic rings. The second kappa shape index (κ2) is 7.99. The molecular formula is C21H20ClN3O5S. The Morgan fingerprint density at radius 3 is 2.65 bits per heavy atom. The highest BCUT2D eigenvalue weighted by Crippen LogP contribution is 2.33. The molecule has 1 unspecified atom stereocenters. The highest BCUT2D eigenvalue weighted by atomic mass is 35.5. The van der Waals surface area contributed by atoms with Crippen LogP contribution in [0.25, 0.3) is 10.9 Å². The van der Waals surface area contributed by atoms with E-state index in [0.717, 1.165) is 5.56 Å². The number of nitrogens with two attached hydrogens (primary N) is 1. The molecule has 31 heavy (non-hydrogen) atoms. The van der Waals surface area contributed by atoms with E-state index in [2.05, 4.69) is 5.32 Å². The zero-order valence-corrected chi connectivity index (χ0v) is 18.2. The molecule has 1 aromatic heterocycles. The van der Waals surface area contributed by atoms with E-state index in [-0.39, 0.29) is 33.5 Å². The highest BCUT2D eigenvalue weighted by molar-refractivity contribution is 7.89. The number of carbonyl (C=O) groups is 1. The molecule has 8 nitrogen and oxygen atoms in total. The molecule has 3 N–H and O–H groups in total. The van der Waals surface area contributed by atoms with Crippen molar-refractivity contribution in [2.75, 3.05) is 6.54 Å². The Kier molecular flexibility index (Phi) is 5.50. The molecule has 0 spiro atoms. The molecule has 2 heterocycles. The molecule has 2 aromatic carbocycles. The van der Waals surface area contributed by atoms with Crippen molar-refractivity contribution < 1.29 is 17.9 Å². The first-order chi connectivity index (χ1) is 14.6. The minimum Gasteiger partial charge on any atom is -0.487 e. The summed E-state index contributed by atoms with van der Waals surface area (Å²) in [6.45, 7) is 2.65. The van der Waals surface area contributed by atoms with Crippen molar-refractivity contribution in [3.8, 4) is 5.75 Å². The second-order valence-electron chi connectivity index (χ2n) is 7.42. The van der Waals surface area contributed by atoms with Gasteiger partial charge in [-0.05, 0) is 43.2 Å². The molecule has 0 fully saturated rings. The lowest BCUT2D eigenvalue weighted by Crippen LogP contribution is -2.33. The number of halogens is 1. The monoisotopic (exact) mass is 461 g/mol. The Morgan fingerprint density at radius 2 is 1.97 bits per heavy atom. The quantitative estimate of drug-likeness (QED) is 0.602. The first kappa shape index (κ1) is 21.4. The number of hydrogen-bond acceptors (Lipinski definition) is 5. The van der Waals surface area contributed by atoms with Gasteiger partial charge in [-0.2, -0.15) is 0 Å². The summed E-state index contributed by atoms with van der Waals surface area (Å²) in [5.41, 5.74) is 0.954. The van der Waals surface area contributed by atoms with Gasteiger partial charge in [0.1, 0.15) is 17.4 Å². The number of nitrogens with zero attached hydrogens (tertiary/aromatic N) is 1. The standard InChI is InChI=1S/C21H20ClN3O5S/c1-12-10-25-11-15(20(26)18-16(22)6-7-17(30-12)19(18)25)21(27)24-9-8-13-2-4-14(5-3-13)31(23,28)29/h2-7,11-12H,8-10H2,1H3,(H,24,27)(H2,23,28,29). The molecule has 0 radical (unpaired) electrons. The van der Waals surface area contributed by atoms with Gasteiger partial charge in [-0.15, -0.1) is 0 Å². The lowest BCUT2D eigenvalue weighted by atomic mass is 10.1. The van der Waals surface area contributed by atoms with Crippen molar-refractivity contribution in [1.82, 2.24) is 9.88 Å². The van der Waals surface area contributed by atoms with Gasteiger partial charge in [0.25, 0.3) is 5.91 Å². The zero-order chi connectivity index (χ0) is 22.3. The molecule has 162 valence electrons. The van der Waals surface area contributed by atoms with Crippen LogP contribution in [0.5, 0.6) is 5.75 Å². The third-order valence-electron chi connectivity index (χ3n) is 5.11. The fourth-order valence-corrected chi connectivity index (χ4v) is 4.41. The van der Waals surface area contributed by atoms with E-state index in [0.29, 0.717) is 24.2 Å². The van der Waals surface area contributed by atoms with E-state index in [4.69, 9.17) is 21.5 Å². The smallest absolute Gasteiger partial charge is 0.256 e. The fraction of sp³-hybridized carbons (Fsp3) is 0.238. The molecule has 3 aromatic rings. The number of aromatic nitrogens is 1. The van der Waals surface area contributed by atoms with Crippen molar-refractivity contribution in [1.29, 1.82) is 0 Å². The zero-order valence-electron chi connectivity index (χ0n) is 16.6. The highest BCUT2D eigenvalue weighted by Gasteiger charge is 2.24. The van der Waals surface area contributed by atoms with Crippen LogP contribution in [0.1, 0.15) is 22.8 Å². The average Bonchev–Trinajstić information content (AvgIpc) is 2.71. The maximum Gasteiger partial charge on any atom is 0.256 e. The van der Waals surface area contributed by atoms with E-state index in [1.54, 1.807) is 30.5 Å². The predicted molar refractivity (Wildman–Crippen MR) is 117 cm³/mol. The number of benzene rings is 2. The van der Waals surface area contributed by atoms with E-state index in [1.807, 2.05) is 11.5 Å². The molecule has 1 aliphatic heterocycles. The van der Waals surface area contributed by atoms with Crippen molar-refractivity contribution in [3.05, 3.63) is 69.0 Å². The number of rotatable bonds is 5. The second-order valence-corrected chi connectivity index (χ2v) is 9.39. The maximum atomic E-state index is 13.0. The van der Waals surface area contributed by atoms with Gasteiger partial charge in [-0.3, -0.25) is 9.59 Å². The summed E-state index contributed by atoms with van der Waals surface area (Å²) in [6.07, 6.45) is 1.88. The third kappa shape index (κ3) is 4.16. The number of sulfonamides is 1. The molecule has 0 saturated heterocycles. The van der Waals surface area contributed by atoms with Crippen molar-refractivity contribution >= 4 is 38.4 Å². The summed E-state index contributed by atoms with van der Waals surface area (Å²) in [6, 6.07) is 9.39. The lowest BCUT2D eigenvalue weighted by Gasteiger charge is -2.26. The van der Waals surface area contributed by atoms with E-state index in [9.17, 15) is 18.0 Å². The van der Waals surface area contributed by atoms with E-state index in [1.165, 1.54) is 12.1 Å². The van der Waals surface area contributed by atoms with E-state index < -0.39 is 21.4 Å². The summed E-state index contributed by atoms with van der Waals surface area (Å²) in [5.74, 6) is 0.0579. The van der Waals surface area contributed by atoms with Crippen LogP contribution in [-0.4, -0.2) is 31.5 Å². The van der Waals surface area contributed by atoms with Crippen molar-refractivity contribution in [2.45, 2.75) is 30.9 Å². The Balaban J connectivity index is 1.55. The fourth-order valence-electron chi connectivity index (χ4n) is 3.66. The minimum absolute atomic E-state index is 0.00484. The van der Waals surface area contributed by atoms with Crippen molar-refractivity contribution in [3.63, 3.8) is 0 Å². The summed E-state index contributed by atoms with van der Waals surface area (Å²) >= 11 is 6.28. The Bertz CT molecular complexity index is 1350. The average molecular weight is 462 g/mol. The molecule has 1 amide bonds. The third-order valence-corrected chi connectivity index (χ3v) is 6.36. The first-order valence-electron chi connectivity index (χ1n) is 9.57. The van der Waals surface area contributed by atoms with Gasteiger partial charge in [0.2, 0.25) is 15.5 Å². The molecule has 10 heteroatoms. The van der Waals surface area contributed by atoms with Gasteiger partial charge in [-0.25, -0.2) is 13.6 Å². The first-order valence-corrected chi connectivity index (χ1v) is 11.5. The normalized spacial score (nSPS) is 15.5. The van der Waals surface area contributed by atoms with Gasteiger partial charge in [-0.1, -0.05) is 23.7 Å². The number of hydrogen-bond donors (Lipinski definition) is 2. The van der Waals surface area contributed by atoms with Gasteiger partial charge >= 0.3 is 0 Å². The van der Waals surface area contributed by atoms with Crippen LogP contribution in [0.3, 0.4) is 0 Å². The minimum atomic E-state index is -3.75. The van der Waals surface area contributed by atoms with Crippen LogP contribution < -0.4 is 20.6 Å². The Morgan fingerprint density at radius 1 is 1.26 bits per heavy atom. The summed E-state index contributed by atoms with van der Waals surface area (Å²) in [7, 11) is -3.75. The number of amides is 1. The van der Waals surface area contributed by atoms with Crippen LogP contribution in [0.2, 0.25) is 5.02 Å². The van der Waals surface area contributed by atoms with Crippen LogP contribution in [-0.2, 0) is 23.0 Å². The molecular weight excluding hydrogens is 442 g/mol. The van der Waals surface area contributed by atoms with Gasteiger partial charge in [0.15, 0.2) is 0 Å². The van der Waals surface area contributed by atoms with Gasteiger partial charge in [0.05, 0.1) is 27.4 Å². The van der Waals surface area contributed by atoms with Crippen LogP contribution in [0, 0.1) is 0 Å². The van der Waals surface area contributed by atoms with Crippen LogP contribution in [0.4, 0.5) is 0 Å². The van der Waals surface area contributed by atoms with Crippen LogP contribution >= 0.6 is 11.6 Å². The van der Waals surface area contributed by atoms with Crippen molar-refractivity contribution in [2.24, 2.45) is 5.14 Å². The SMILES string of the molecule is CC1Cn2cc(C(=O)NCCc3ccc(S(N)(=O)=O)cc3)c(=O)c3c(Cl)ccc(c32)O1. The largest absolute Gasteiger partial charge is 0.487 e. The number of carbonyl (C=O) groups excluding carboxylic acids is 1. The molecule has 0 saturated carbocycles. The van der Waals surface area contributed by atoms with E-state index >= 15 is 0 Å². The molecule has 0 bridgehead atoms. The van der Waals surface area contributed by atoms with Gasteiger partial charge < -0.3 is 14.6 Å². The number of pyridine rings is 1. The number of nitrogens with one attached hydrogen (secondary N) is 1. The topological polar surface area (TPSA) is 120 Å². The molecule has 0 aliphatic carbocycles. The van der Waals surface area contributed by atoms with Gasteiger partial charge in [0, 0.05) is 12.7 Å². The summed E-state index contributed by atoms with van der Waals surface area (Å²) in [4.78, 5) is 25.8. The Labute approximate surface area is 183 Å². The number of primary sulfonamides is 1. The lowest BCUT2D eigenvalue weighted by molar-refractivity contribution is 0.0951. The molecule has 4 rings (SSSR count). The summed E-state index contributed by atoms with van der Waals surface area (Å²) in [5, 5.41) is 8.36. The molecule has 1 atom stereocenters. The number of ether oxygens (including phenoxy) is 1. The predicted octanol–water partition coefficient (Wildman–Crippen LogP) is 2.06. The summed E-state index contributed by atoms with van der Waals surface area (Å²) < 4.78 is 30.3. The van der Waals surface area contributed by atoms with Crippen LogP contribution in [0.15, 0.2) is 52.3 Å².